The predicted octanol–water partition coefficient (Wildman–Crippen LogP) is 4.92. The summed E-state index contributed by atoms with van der Waals surface area (Å²) < 4.78 is 11.4. The van der Waals surface area contributed by atoms with Gasteiger partial charge in [-0.1, -0.05) is 11.6 Å². The average Bonchev–Trinajstić information content (AvgIpc) is 2.67. The number of nitrogens with zero attached hydrogens (tertiary/aromatic N) is 2. The molecule has 0 amide bonds. The van der Waals surface area contributed by atoms with Crippen LogP contribution in [0.25, 0.3) is 0 Å². The molecular formula is C22H30ClN3O2. The quantitative estimate of drug-likeness (QED) is 0.678. The fourth-order valence-corrected chi connectivity index (χ4v) is 3.82. The van der Waals surface area contributed by atoms with E-state index in [0.29, 0.717) is 35.8 Å². The molecule has 0 atom stereocenters. The van der Waals surface area contributed by atoms with Gasteiger partial charge in [-0.05, 0) is 63.4 Å². The zero-order valence-corrected chi connectivity index (χ0v) is 17.8. The maximum absolute atomic E-state index is 6.41. The molecule has 152 valence electrons. The Hall–Kier alpha value is -1.98. The van der Waals surface area contributed by atoms with Gasteiger partial charge in [0.2, 0.25) is 0 Å². The molecule has 1 N–H and O–H groups in total. The summed E-state index contributed by atoms with van der Waals surface area (Å²) in [5.74, 6) is 1.41. The second kappa shape index (κ2) is 9.99. The van der Waals surface area contributed by atoms with E-state index in [9.17, 15) is 0 Å². The number of hydrogen-bond acceptors (Lipinski definition) is 5. The molecule has 1 aliphatic heterocycles. The van der Waals surface area contributed by atoms with Crippen LogP contribution in [0, 0.1) is 6.92 Å². The minimum Gasteiger partial charge on any atom is -0.492 e. The summed E-state index contributed by atoms with van der Waals surface area (Å²) in [6.07, 6.45) is 4.09. The molecule has 5 nitrogen and oxygen atoms in total. The lowest BCUT2D eigenvalue weighted by Gasteiger charge is -2.33. The number of aromatic nitrogens is 1. The summed E-state index contributed by atoms with van der Waals surface area (Å²) in [6, 6.07) is 8.72. The number of hydrogen-bond donors (Lipinski definition) is 1. The Kier molecular flexibility index (Phi) is 7.40. The largest absolute Gasteiger partial charge is 0.492 e. The molecule has 1 fully saturated rings. The first-order valence-corrected chi connectivity index (χ1v) is 10.5. The highest BCUT2D eigenvalue weighted by Gasteiger charge is 2.20. The lowest BCUT2D eigenvalue weighted by molar-refractivity contribution is 0.210. The smallest absolute Gasteiger partial charge is 0.141 e. The first-order valence-electron chi connectivity index (χ1n) is 10.1. The second-order valence-corrected chi connectivity index (χ2v) is 7.53. The van der Waals surface area contributed by atoms with Crippen LogP contribution >= 0.6 is 11.6 Å². The monoisotopic (exact) mass is 403 g/mol. The van der Waals surface area contributed by atoms with E-state index in [1.54, 1.807) is 0 Å². The number of nitrogens with one attached hydrogen (secondary N) is 1. The van der Waals surface area contributed by atoms with Crippen molar-refractivity contribution in [2.24, 2.45) is 0 Å². The highest BCUT2D eigenvalue weighted by molar-refractivity contribution is 6.33. The summed E-state index contributed by atoms with van der Waals surface area (Å²) in [6.45, 7) is 10.1. The summed E-state index contributed by atoms with van der Waals surface area (Å²) >= 11 is 6.41. The van der Waals surface area contributed by atoms with Crippen LogP contribution in [0.1, 0.15) is 37.9 Å². The molecule has 0 aliphatic carbocycles. The highest BCUT2D eigenvalue weighted by atomic mass is 35.5. The van der Waals surface area contributed by atoms with Gasteiger partial charge in [0.25, 0.3) is 0 Å². The molecule has 3 rings (SSSR count). The maximum Gasteiger partial charge on any atom is 0.141 e. The summed E-state index contributed by atoms with van der Waals surface area (Å²) in [5, 5.41) is 4.20. The van der Waals surface area contributed by atoms with Gasteiger partial charge in [-0.2, -0.15) is 0 Å². The Labute approximate surface area is 173 Å². The molecule has 0 bridgehead atoms. The molecule has 1 aromatic carbocycles. The van der Waals surface area contributed by atoms with E-state index >= 15 is 0 Å². The van der Waals surface area contributed by atoms with Gasteiger partial charge in [0, 0.05) is 43.3 Å². The van der Waals surface area contributed by atoms with Crippen LogP contribution in [-0.2, 0) is 6.54 Å². The number of ether oxygens (including phenoxy) is 2. The molecule has 0 saturated carbocycles. The molecule has 2 aromatic rings. The van der Waals surface area contributed by atoms with Crippen molar-refractivity contribution >= 4 is 17.3 Å². The molecule has 6 heteroatoms. The van der Waals surface area contributed by atoms with Crippen LogP contribution in [0.5, 0.6) is 11.5 Å². The SMILES string of the molecule is CCOc1cc(CN2CCC(Nc3ccnc(C)c3)CC2)cc(OCC)c1Cl. The Bertz CT molecular complexity index is 749. The van der Waals surface area contributed by atoms with Gasteiger partial charge in [-0.15, -0.1) is 0 Å². The Morgan fingerprint density at radius 3 is 2.32 bits per heavy atom. The number of piperidine rings is 1. The first kappa shape index (κ1) is 20.7. The van der Waals surface area contributed by atoms with E-state index in [0.717, 1.165) is 43.9 Å². The van der Waals surface area contributed by atoms with Gasteiger partial charge in [0.15, 0.2) is 0 Å². The van der Waals surface area contributed by atoms with Gasteiger partial charge in [0.1, 0.15) is 16.5 Å². The van der Waals surface area contributed by atoms with Gasteiger partial charge >= 0.3 is 0 Å². The van der Waals surface area contributed by atoms with Crippen molar-refractivity contribution < 1.29 is 9.47 Å². The topological polar surface area (TPSA) is 46.6 Å². The molecule has 1 aromatic heterocycles. The lowest BCUT2D eigenvalue weighted by atomic mass is 10.0. The van der Waals surface area contributed by atoms with E-state index in [1.165, 1.54) is 5.56 Å². The number of benzene rings is 1. The van der Waals surface area contributed by atoms with Crippen molar-refractivity contribution in [1.82, 2.24) is 9.88 Å². The zero-order chi connectivity index (χ0) is 19.9. The Morgan fingerprint density at radius 2 is 1.75 bits per heavy atom. The van der Waals surface area contributed by atoms with Gasteiger partial charge in [0.05, 0.1) is 13.2 Å². The lowest BCUT2D eigenvalue weighted by Crippen LogP contribution is -2.38. The van der Waals surface area contributed by atoms with Crippen LogP contribution < -0.4 is 14.8 Å². The van der Waals surface area contributed by atoms with E-state index in [1.807, 2.05) is 45.2 Å². The third-order valence-electron chi connectivity index (χ3n) is 4.93. The Balaban J connectivity index is 1.59. The van der Waals surface area contributed by atoms with Gasteiger partial charge in [-0.3, -0.25) is 9.88 Å². The summed E-state index contributed by atoms with van der Waals surface area (Å²) in [4.78, 5) is 6.74. The zero-order valence-electron chi connectivity index (χ0n) is 17.0. The van der Waals surface area contributed by atoms with Crippen molar-refractivity contribution in [3.8, 4) is 11.5 Å². The van der Waals surface area contributed by atoms with Gasteiger partial charge in [-0.25, -0.2) is 0 Å². The Morgan fingerprint density at radius 1 is 1.11 bits per heavy atom. The molecule has 0 spiro atoms. The van der Waals surface area contributed by atoms with Crippen LogP contribution in [0.4, 0.5) is 5.69 Å². The number of rotatable bonds is 8. The van der Waals surface area contributed by atoms with Crippen molar-refractivity contribution in [1.29, 1.82) is 0 Å². The van der Waals surface area contributed by atoms with E-state index in [2.05, 4.69) is 21.3 Å². The van der Waals surface area contributed by atoms with Crippen molar-refractivity contribution in [3.05, 3.63) is 46.7 Å². The number of aryl methyl sites for hydroxylation is 1. The van der Waals surface area contributed by atoms with Crippen molar-refractivity contribution in [2.75, 3.05) is 31.6 Å². The van der Waals surface area contributed by atoms with Crippen molar-refractivity contribution in [3.63, 3.8) is 0 Å². The minimum atomic E-state index is 0.501. The van der Waals surface area contributed by atoms with Crippen LogP contribution in [0.15, 0.2) is 30.5 Å². The predicted molar refractivity (Wildman–Crippen MR) is 115 cm³/mol. The highest BCUT2D eigenvalue weighted by Crippen LogP contribution is 2.36. The van der Waals surface area contributed by atoms with Crippen LogP contribution in [0.3, 0.4) is 0 Å². The second-order valence-electron chi connectivity index (χ2n) is 7.15. The normalized spacial score (nSPS) is 15.4. The summed E-state index contributed by atoms with van der Waals surface area (Å²) in [5.41, 5.74) is 3.37. The number of halogens is 1. The third kappa shape index (κ3) is 5.52. The molecule has 1 saturated heterocycles. The average molecular weight is 404 g/mol. The third-order valence-corrected chi connectivity index (χ3v) is 5.30. The standard InChI is InChI=1S/C22H30ClN3O2/c1-4-27-20-13-17(14-21(22(20)23)28-5-2)15-26-10-7-18(8-11-26)25-19-6-9-24-16(3)12-19/h6,9,12-14,18H,4-5,7-8,10-11,15H2,1-3H3,(H,24,25). The fourth-order valence-electron chi connectivity index (χ4n) is 3.60. The molecule has 1 aliphatic rings. The maximum atomic E-state index is 6.41. The minimum absolute atomic E-state index is 0.501. The molecule has 2 heterocycles. The fraction of sp³-hybridized carbons (Fsp3) is 0.500. The van der Waals surface area contributed by atoms with Crippen LogP contribution in [0.2, 0.25) is 5.02 Å². The van der Waals surface area contributed by atoms with Crippen molar-refractivity contribution in [2.45, 2.75) is 46.2 Å². The van der Waals surface area contributed by atoms with E-state index in [4.69, 9.17) is 21.1 Å². The molecule has 28 heavy (non-hydrogen) atoms. The van der Waals surface area contributed by atoms with Crippen LogP contribution in [-0.4, -0.2) is 42.2 Å². The molecule has 0 unspecified atom stereocenters. The van der Waals surface area contributed by atoms with E-state index < -0.39 is 0 Å². The summed E-state index contributed by atoms with van der Waals surface area (Å²) in [7, 11) is 0. The molecular weight excluding hydrogens is 374 g/mol. The number of pyridine rings is 1. The number of likely N-dealkylation sites (tertiary alicyclic amines) is 1. The van der Waals surface area contributed by atoms with E-state index in [-0.39, 0.29) is 0 Å². The van der Waals surface area contributed by atoms with Gasteiger partial charge < -0.3 is 14.8 Å². The molecule has 0 radical (unpaired) electrons. The first-order chi connectivity index (χ1) is 13.6. The number of anilines is 1.